The Hall–Kier alpha value is -0.160. The van der Waals surface area contributed by atoms with E-state index in [-0.39, 0.29) is 0 Å². The molecule has 0 aromatic heterocycles. The molecule has 0 bridgehead atoms. The Labute approximate surface area is 74.0 Å². The zero-order valence-electron chi connectivity index (χ0n) is 8.12. The van der Waals surface area contributed by atoms with Crippen molar-refractivity contribution in [1.29, 1.82) is 0 Å². The maximum absolute atomic E-state index is 9.14. The second-order valence-electron chi connectivity index (χ2n) is 2.58. The van der Waals surface area contributed by atoms with Crippen molar-refractivity contribution in [3.63, 3.8) is 0 Å². The highest BCUT2D eigenvalue weighted by molar-refractivity contribution is 4.31. The summed E-state index contributed by atoms with van der Waals surface area (Å²) in [6.07, 6.45) is 1.08. The van der Waals surface area contributed by atoms with Gasteiger partial charge in [-0.05, 0) is 25.0 Å². The van der Waals surface area contributed by atoms with Crippen LogP contribution in [0.3, 0.4) is 0 Å². The van der Waals surface area contributed by atoms with Gasteiger partial charge in [-0.15, -0.1) is 0 Å². The lowest BCUT2D eigenvalue weighted by Crippen LogP contribution is -2.33. The first-order valence-corrected chi connectivity index (χ1v) is 4.45. The molecule has 0 aromatic carbocycles. The Morgan fingerprint density at radius 3 is 1.83 bits per heavy atom. The second-order valence-corrected chi connectivity index (χ2v) is 2.58. The van der Waals surface area contributed by atoms with Crippen LogP contribution < -0.4 is 0 Å². The minimum Gasteiger partial charge on any atom is -0.374 e. The van der Waals surface area contributed by atoms with Crippen LogP contribution in [-0.2, 0) is 9.68 Å². The highest BCUT2D eigenvalue weighted by atomic mass is 17.0. The fourth-order valence-corrected chi connectivity index (χ4v) is 0.616. The van der Waals surface area contributed by atoms with Crippen LogP contribution in [-0.4, -0.2) is 29.8 Å². The number of hydrogen-bond donors (Lipinski definition) is 1. The lowest BCUT2D eigenvalue weighted by molar-refractivity contribution is -0.414. The van der Waals surface area contributed by atoms with Crippen LogP contribution in [0.1, 0.15) is 33.6 Å². The van der Waals surface area contributed by atoms with Crippen molar-refractivity contribution in [3.8, 4) is 0 Å². The molecule has 0 aliphatic carbocycles. The van der Waals surface area contributed by atoms with Crippen LogP contribution in [0.5, 0.6) is 0 Å². The smallest absolute Gasteiger partial charge is 0.154 e. The van der Waals surface area contributed by atoms with Crippen LogP contribution in [0.25, 0.3) is 0 Å². The predicted octanol–water partition coefficient (Wildman–Crippen LogP) is 1.31. The molecule has 0 aliphatic rings. The maximum atomic E-state index is 9.14. The van der Waals surface area contributed by atoms with Crippen molar-refractivity contribution in [2.24, 2.45) is 0 Å². The Bertz CT molecular complexity index is 90.3. The number of aliphatic hydroxyl groups excluding tert-OH is 1. The molecule has 1 unspecified atom stereocenters. The van der Waals surface area contributed by atoms with Gasteiger partial charge in [0.1, 0.15) is 0 Å². The van der Waals surface area contributed by atoms with Gasteiger partial charge in [0.15, 0.2) is 6.23 Å². The van der Waals surface area contributed by atoms with Crippen molar-refractivity contribution in [2.75, 3.05) is 13.2 Å². The van der Waals surface area contributed by atoms with E-state index in [9.17, 15) is 0 Å². The monoisotopic (exact) mass is 177 g/mol. The molecule has 1 atom stereocenters. The molecular weight excluding hydrogens is 158 g/mol. The van der Waals surface area contributed by atoms with E-state index in [1.54, 1.807) is 6.92 Å². The first-order valence-electron chi connectivity index (χ1n) is 4.45. The van der Waals surface area contributed by atoms with Gasteiger partial charge in [-0.1, -0.05) is 13.8 Å². The van der Waals surface area contributed by atoms with Crippen LogP contribution >= 0.6 is 0 Å². The van der Waals surface area contributed by atoms with Gasteiger partial charge in [-0.2, -0.15) is 0 Å². The van der Waals surface area contributed by atoms with E-state index in [0.717, 1.165) is 18.1 Å². The quantitative estimate of drug-likeness (QED) is 0.470. The molecule has 0 rings (SSSR count). The number of nitrogens with zero attached hydrogens (tertiary/aromatic N) is 1. The SMILES string of the molecule is CCCON(OCCC)C(C)O. The summed E-state index contributed by atoms with van der Waals surface area (Å²) < 4.78 is 0. The standard InChI is InChI=1S/C8H19NO3/c1-4-6-11-9(8(3)10)12-7-5-2/h8,10H,4-7H2,1-3H3. The number of rotatable bonds is 7. The van der Waals surface area contributed by atoms with Gasteiger partial charge < -0.3 is 5.11 Å². The zero-order chi connectivity index (χ0) is 9.40. The topological polar surface area (TPSA) is 41.9 Å². The minimum absolute atomic E-state index is 0.564. The molecule has 0 radical (unpaired) electrons. The average molecular weight is 177 g/mol. The first-order chi connectivity index (χ1) is 5.72. The zero-order valence-corrected chi connectivity index (χ0v) is 8.12. The number of hydroxylamine groups is 2. The molecule has 1 N–H and O–H groups in total. The highest BCUT2D eigenvalue weighted by Crippen LogP contribution is 1.99. The second kappa shape index (κ2) is 7.49. The van der Waals surface area contributed by atoms with E-state index in [1.807, 2.05) is 13.8 Å². The van der Waals surface area contributed by atoms with E-state index in [2.05, 4.69) is 0 Å². The van der Waals surface area contributed by atoms with E-state index < -0.39 is 6.23 Å². The van der Waals surface area contributed by atoms with Crippen molar-refractivity contribution in [3.05, 3.63) is 0 Å². The van der Waals surface area contributed by atoms with E-state index >= 15 is 0 Å². The van der Waals surface area contributed by atoms with Gasteiger partial charge in [-0.25, -0.2) is 0 Å². The molecule has 0 fully saturated rings. The molecule has 0 saturated carbocycles. The molecule has 0 saturated heterocycles. The maximum Gasteiger partial charge on any atom is 0.154 e. The van der Waals surface area contributed by atoms with Gasteiger partial charge in [0, 0.05) is 0 Å². The lowest BCUT2D eigenvalue weighted by atomic mass is 10.5. The van der Waals surface area contributed by atoms with Crippen molar-refractivity contribution in [2.45, 2.75) is 39.8 Å². The fraction of sp³-hybridized carbons (Fsp3) is 1.00. The third-order valence-corrected chi connectivity index (χ3v) is 1.15. The van der Waals surface area contributed by atoms with Crippen LogP contribution in [0.2, 0.25) is 0 Å². The highest BCUT2D eigenvalue weighted by Gasteiger charge is 2.10. The summed E-state index contributed by atoms with van der Waals surface area (Å²) in [5.74, 6) is 0. The largest absolute Gasteiger partial charge is 0.374 e. The van der Waals surface area contributed by atoms with Gasteiger partial charge in [-0.3, -0.25) is 9.68 Å². The predicted molar refractivity (Wildman–Crippen MR) is 46.0 cm³/mol. The van der Waals surface area contributed by atoms with Crippen LogP contribution in [0.4, 0.5) is 0 Å². The summed E-state index contributed by atoms with van der Waals surface area (Å²) in [5.41, 5.74) is 0. The fourth-order valence-electron chi connectivity index (χ4n) is 0.616. The molecule has 74 valence electrons. The minimum atomic E-state index is -0.719. The summed E-state index contributed by atoms with van der Waals surface area (Å²) in [6, 6.07) is 0. The summed E-state index contributed by atoms with van der Waals surface area (Å²) in [7, 11) is 0. The van der Waals surface area contributed by atoms with E-state index in [1.165, 1.54) is 0 Å². The molecule has 0 spiro atoms. The molecule has 12 heavy (non-hydrogen) atoms. The number of hydrogen-bond acceptors (Lipinski definition) is 4. The number of aliphatic hydroxyl groups is 1. The third-order valence-electron chi connectivity index (χ3n) is 1.15. The van der Waals surface area contributed by atoms with E-state index in [0.29, 0.717) is 13.2 Å². The van der Waals surface area contributed by atoms with Crippen molar-refractivity contribution in [1.82, 2.24) is 5.23 Å². The Morgan fingerprint density at radius 2 is 1.58 bits per heavy atom. The molecule has 4 heteroatoms. The third kappa shape index (κ3) is 5.49. The summed E-state index contributed by atoms with van der Waals surface area (Å²) >= 11 is 0. The summed E-state index contributed by atoms with van der Waals surface area (Å²) in [5, 5.41) is 10.3. The van der Waals surface area contributed by atoms with E-state index in [4.69, 9.17) is 14.8 Å². The average Bonchev–Trinajstić information content (AvgIpc) is 2.04. The molecule has 0 aromatic rings. The van der Waals surface area contributed by atoms with Crippen molar-refractivity contribution >= 4 is 0 Å². The van der Waals surface area contributed by atoms with Gasteiger partial charge in [0.2, 0.25) is 0 Å². The Balaban J connectivity index is 3.55. The Morgan fingerprint density at radius 1 is 1.17 bits per heavy atom. The molecule has 0 amide bonds. The molecular formula is C8H19NO3. The van der Waals surface area contributed by atoms with Gasteiger partial charge in [0.25, 0.3) is 0 Å². The lowest BCUT2D eigenvalue weighted by Gasteiger charge is -2.22. The van der Waals surface area contributed by atoms with Gasteiger partial charge >= 0.3 is 0 Å². The summed E-state index contributed by atoms with van der Waals surface area (Å²) in [4.78, 5) is 10.2. The molecule has 0 heterocycles. The Kier molecular flexibility index (Phi) is 7.39. The molecule has 4 nitrogen and oxygen atoms in total. The van der Waals surface area contributed by atoms with Gasteiger partial charge in [0.05, 0.1) is 13.2 Å². The van der Waals surface area contributed by atoms with Crippen molar-refractivity contribution < 1.29 is 14.8 Å². The first kappa shape index (κ1) is 11.8. The van der Waals surface area contributed by atoms with Crippen LogP contribution in [0, 0.1) is 0 Å². The summed E-state index contributed by atoms with van der Waals surface area (Å²) in [6.45, 7) is 6.73. The normalized spacial score (nSPS) is 13.8. The van der Waals surface area contributed by atoms with Crippen LogP contribution in [0.15, 0.2) is 0 Å². The molecule has 0 aliphatic heterocycles.